The van der Waals surface area contributed by atoms with Gasteiger partial charge in [0.25, 0.3) is 0 Å². The Bertz CT molecular complexity index is 4350. The fourth-order valence-corrected chi connectivity index (χ4v) is 13.8. The molecule has 4 aliphatic heterocycles. The second-order valence-corrected chi connectivity index (χ2v) is 27.7. The molecule has 4 heterocycles. The second kappa shape index (κ2) is 39.7. The van der Waals surface area contributed by atoms with Gasteiger partial charge < -0.3 is 96.4 Å². The van der Waals surface area contributed by atoms with Crippen molar-refractivity contribution in [2.75, 3.05) is 26.4 Å². The standard InChI is InChI=1S/C86H89NO26/c1-52-65(88)73(76(90)91)112-84(69(52)105-78(94)59-36-20-8-21-37-59)109-68-54(3)71(107-80(96)61-40-24-10-25-41-61)83(104-64(68)51-100-48-57-32-16-6-17-33-57)111-72-66(89)74(77(92)93)113-85(75(72)108-81(97)62-42-26-11-27-43-62)110-67-53(2)70(106-79(95)60-38-22-9-23-39-60)82(103-63(67)50-99-47-56-30-14-5-15-31-56)101-45-44-87(46-55-28-12-4-13-29-55)86(98)102-49-58-34-18-7-19-35-58/h4-43,52-54,63-75,82-85,88-89H,44-51H2,1-3H3,(H,90,91)(H,92,93). The molecule has 8 aromatic rings. The number of carboxylic acid groups (broad SMARTS) is 2. The van der Waals surface area contributed by atoms with Crippen LogP contribution in [0.1, 0.15) is 84.5 Å². The molecule has 8 aromatic carbocycles. The Kier molecular flexibility index (Phi) is 28.8. The van der Waals surface area contributed by atoms with Crippen LogP contribution in [-0.2, 0) is 107 Å². The van der Waals surface area contributed by atoms with Gasteiger partial charge >= 0.3 is 41.9 Å². The van der Waals surface area contributed by atoms with Crippen LogP contribution >= 0.6 is 0 Å². The molecular formula is C86H89NO26. The highest BCUT2D eigenvalue weighted by molar-refractivity contribution is 5.91. The summed E-state index contributed by atoms with van der Waals surface area (Å²) in [6, 6.07) is 67.8. The molecule has 0 aromatic heterocycles. The third kappa shape index (κ3) is 21.4. The number of amides is 1. The summed E-state index contributed by atoms with van der Waals surface area (Å²) in [7, 11) is 0. The Balaban J connectivity index is 0.914. The lowest BCUT2D eigenvalue weighted by Crippen LogP contribution is -2.67. The molecule has 27 nitrogen and oxygen atoms in total. The molecular weight excluding hydrogens is 1460 g/mol. The number of esters is 4. The smallest absolute Gasteiger partial charge is 0.410 e. The minimum absolute atomic E-state index is 0.0147. The highest BCUT2D eigenvalue weighted by Gasteiger charge is 2.59. The Hall–Kier alpha value is -10.6. The van der Waals surface area contributed by atoms with Gasteiger partial charge in [0.05, 0.1) is 73.6 Å². The van der Waals surface area contributed by atoms with E-state index in [1.165, 1.54) is 60.4 Å². The van der Waals surface area contributed by atoms with Crippen molar-refractivity contribution in [2.45, 2.75) is 152 Å². The van der Waals surface area contributed by atoms with Crippen LogP contribution in [0.15, 0.2) is 243 Å². The minimum atomic E-state index is -2.33. The maximum Gasteiger partial charge on any atom is 0.410 e. The van der Waals surface area contributed by atoms with E-state index in [0.29, 0.717) is 5.56 Å². The number of hydrogen-bond acceptors (Lipinski definition) is 24. The van der Waals surface area contributed by atoms with Gasteiger partial charge in [-0.1, -0.05) is 215 Å². The predicted octanol–water partition coefficient (Wildman–Crippen LogP) is 10.0. The fourth-order valence-electron chi connectivity index (χ4n) is 13.8. The number of rotatable bonds is 32. The van der Waals surface area contributed by atoms with Gasteiger partial charge in [0.15, 0.2) is 61.8 Å². The number of ether oxygens (including phenoxy) is 15. The summed E-state index contributed by atoms with van der Waals surface area (Å²) in [6.07, 6.45) is -30.9. The van der Waals surface area contributed by atoms with Crippen molar-refractivity contribution in [3.8, 4) is 0 Å². The molecule has 20 atom stereocenters. The van der Waals surface area contributed by atoms with Gasteiger partial charge in [-0.15, -0.1) is 0 Å². The Labute approximate surface area is 651 Å². The number of hydrogen-bond donors (Lipinski definition) is 4. The van der Waals surface area contributed by atoms with Crippen LogP contribution in [0, 0.1) is 17.8 Å². The maximum atomic E-state index is 14.9. The van der Waals surface area contributed by atoms with E-state index >= 15 is 0 Å². The normalized spacial score (nSPS) is 27.5. The van der Waals surface area contributed by atoms with E-state index in [4.69, 9.17) is 71.1 Å². The summed E-state index contributed by atoms with van der Waals surface area (Å²) in [6.45, 7) is 3.63. The number of aliphatic hydroxyl groups excluding tert-OH is 2. The lowest BCUT2D eigenvalue weighted by Gasteiger charge is -2.50. The van der Waals surface area contributed by atoms with Crippen molar-refractivity contribution < 1.29 is 125 Å². The molecule has 113 heavy (non-hydrogen) atoms. The van der Waals surface area contributed by atoms with Crippen LogP contribution in [0.3, 0.4) is 0 Å². The molecule has 27 heteroatoms. The third-order valence-electron chi connectivity index (χ3n) is 19.9. The van der Waals surface area contributed by atoms with E-state index in [1.807, 2.05) is 91.0 Å². The number of aliphatic carboxylic acids is 2. The molecule has 0 aliphatic carbocycles. The molecule has 12 rings (SSSR count). The van der Waals surface area contributed by atoms with Crippen LogP contribution in [0.4, 0.5) is 4.79 Å². The lowest BCUT2D eigenvalue weighted by molar-refractivity contribution is -0.378. The summed E-state index contributed by atoms with van der Waals surface area (Å²) in [4.78, 5) is 100. The van der Waals surface area contributed by atoms with Gasteiger partial charge in [-0.3, -0.25) is 0 Å². The van der Waals surface area contributed by atoms with E-state index in [0.717, 1.165) is 16.7 Å². The van der Waals surface area contributed by atoms with Crippen molar-refractivity contribution in [1.29, 1.82) is 0 Å². The fraction of sp³-hybridized carbons (Fsp3) is 0.360. The summed E-state index contributed by atoms with van der Waals surface area (Å²) in [5.74, 6) is -10.6. The molecule has 4 N–H and O–H groups in total. The van der Waals surface area contributed by atoms with Crippen molar-refractivity contribution in [3.63, 3.8) is 0 Å². The van der Waals surface area contributed by atoms with Gasteiger partial charge in [0.2, 0.25) is 0 Å². The zero-order valence-electron chi connectivity index (χ0n) is 62.0. The van der Waals surface area contributed by atoms with Crippen molar-refractivity contribution in [2.24, 2.45) is 17.8 Å². The molecule has 0 bridgehead atoms. The molecule has 0 radical (unpaired) electrons. The molecule has 4 aliphatic rings. The minimum Gasteiger partial charge on any atom is -0.479 e. The van der Waals surface area contributed by atoms with E-state index in [2.05, 4.69) is 0 Å². The Morgan fingerprint density at radius 1 is 0.354 bits per heavy atom. The number of aliphatic hydroxyl groups is 2. The summed E-state index contributed by atoms with van der Waals surface area (Å²) in [5, 5.41) is 46.0. The van der Waals surface area contributed by atoms with E-state index < -0.39 is 171 Å². The number of nitrogens with zero attached hydrogens (tertiary/aromatic N) is 1. The largest absolute Gasteiger partial charge is 0.479 e. The van der Waals surface area contributed by atoms with Crippen molar-refractivity contribution in [3.05, 3.63) is 287 Å². The van der Waals surface area contributed by atoms with Crippen LogP contribution in [0.5, 0.6) is 0 Å². The third-order valence-corrected chi connectivity index (χ3v) is 19.9. The van der Waals surface area contributed by atoms with Gasteiger partial charge in [0, 0.05) is 30.8 Å². The average Bonchev–Trinajstić information content (AvgIpc) is 0.761. The predicted molar refractivity (Wildman–Crippen MR) is 398 cm³/mol. The molecule has 4 fully saturated rings. The number of benzene rings is 8. The van der Waals surface area contributed by atoms with Crippen LogP contribution in [0.2, 0.25) is 0 Å². The van der Waals surface area contributed by atoms with Crippen LogP contribution in [-0.4, -0.2) is 198 Å². The average molecular weight is 1550 g/mol. The molecule has 20 unspecified atom stereocenters. The highest BCUT2D eigenvalue weighted by Crippen LogP contribution is 2.42. The Morgan fingerprint density at radius 3 is 1.08 bits per heavy atom. The molecule has 0 spiro atoms. The quantitative estimate of drug-likeness (QED) is 0.0225. The lowest BCUT2D eigenvalue weighted by atomic mass is 9.88. The van der Waals surface area contributed by atoms with Crippen LogP contribution in [0.25, 0.3) is 0 Å². The van der Waals surface area contributed by atoms with Crippen molar-refractivity contribution >= 4 is 41.9 Å². The monoisotopic (exact) mass is 1550 g/mol. The van der Waals surface area contributed by atoms with E-state index in [9.17, 15) is 54.0 Å². The van der Waals surface area contributed by atoms with E-state index in [1.54, 1.807) is 117 Å². The SMILES string of the molecule is CC1C(O)C(C(=O)O)OC(OC2C(COCc3ccccc3)OC(OC3C(O)C(C(=O)O)OC(OC4C(COCc5ccccc5)OC(OCCN(Cc5ccccc5)C(=O)OCc5ccccc5)C(OC(=O)c5ccccc5)C4C)C3OC(=O)c3ccccc3)C(OC(=O)c3ccccc3)C2C)C1OC(=O)c1ccccc1. The van der Waals surface area contributed by atoms with Gasteiger partial charge in [-0.25, -0.2) is 33.6 Å². The summed E-state index contributed by atoms with van der Waals surface area (Å²) < 4.78 is 97.6. The number of carbonyl (C=O) groups is 7. The number of carbonyl (C=O) groups excluding carboxylic acids is 5. The first-order chi connectivity index (χ1) is 54.8. The first kappa shape index (κ1) is 81.8. The Morgan fingerprint density at radius 2 is 0.673 bits per heavy atom. The second-order valence-electron chi connectivity index (χ2n) is 27.7. The topological polar surface area (TPSA) is 342 Å². The molecule has 594 valence electrons. The first-order valence-electron chi connectivity index (χ1n) is 37.1. The summed E-state index contributed by atoms with van der Waals surface area (Å²) in [5.41, 5.74) is 3.20. The number of carboxylic acids is 2. The van der Waals surface area contributed by atoms with Gasteiger partial charge in [-0.2, -0.15) is 0 Å². The van der Waals surface area contributed by atoms with Crippen LogP contribution < -0.4 is 0 Å². The summed E-state index contributed by atoms with van der Waals surface area (Å²) >= 11 is 0. The molecule has 0 saturated carbocycles. The molecule has 1 amide bonds. The van der Waals surface area contributed by atoms with E-state index in [-0.39, 0.29) is 68.4 Å². The van der Waals surface area contributed by atoms with Crippen molar-refractivity contribution in [1.82, 2.24) is 4.90 Å². The zero-order chi connectivity index (χ0) is 79.3. The van der Waals surface area contributed by atoms with Gasteiger partial charge in [-0.05, 0) is 70.8 Å². The molecule has 4 saturated heterocycles. The first-order valence-corrected chi connectivity index (χ1v) is 37.1. The maximum absolute atomic E-state index is 14.9. The highest BCUT2D eigenvalue weighted by atomic mass is 16.8. The van der Waals surface area contributed by atoms with Gasteiger partial charge in [0.1, 0.15) is 31.0 Å². The zero-order valence-corrected chi connectivity index (χ0v) is 62.0.